The lowest BCUT2D eigenvalue weighted by molar-refractivity contribution is -0.143. The van der Waals surface area contributed by atoms with Crippen molar-refractivity contribution in [1.82, 2.24) is 0 Å². The molecule has 0 spiro atoms. The summed E-state index contributed by atoms with van der Waals surface area (Å²) in [5.74, 6) is -0.805. The van der Waals surface area contributed by atoms with Crippen LogP contribution in [0.25, 0.3) is 0 Å². The van der Waals surface area contributed by atoms with Crippen LogP contribution in [0.15, 0.2) is 0 Å². The van der Waals surface area contributed by atoms with Crippen LogP contribution in [-0.4, -0.2) is 23.7 Å². The second-order valence-corrected chi connectivity index (χ2v) is 3.01. The quantitative estimate of drug-likeness (QED) is 0.550. The van der Waals surface area contributed by atoms with E-state index in [2.05, 4.69) is 6.92 Å². The fourth-order valence-corrected chi connectivity index (χ4v) is 0.752. The molecule has 0 bridgehead atoms. The van der Waals surface area contributed by atoms with Gasteiger partial charge in [0.25, 0.3) is 0 Å². The molecular formula is C11H22O4. The van der Waals surface area contributed by atoms with Gasteiger partial charge in [0, 0.05) is 12.8 Å². The van der Waals surface area contributed by atoms with Crippen LogP contribution in [0.4, 0.5) is 0 Å². The average molecular weight is 218 g/mol. The van der Waals surface area contributed by atoms with Crippen molar-refractivity contribution in [2.75, 3.05) is 6.61 Å². The molecule has 90 valence electrons. The molecule has 0 aromatic heterocycles. The van der Waals surface area contributed by atoms with Crippen LogP contribution < -0.4 is 0 Å². The molecule has 0 amide bonds. The predicted molar refractivity (Wildman–Crippen MR) is 58.7 cm³/mol. The van der Waals surface area contributed by atoms with Crippen LogP contribution in [0, 0.1) is 0 Å². The summed E-state index contributed by atoms with van der Waals surface area (Å²) in [5.41, 5.74) is 0. The third kappa shape index (κ3) is 19.4. The zero-order valence-electron chi connectivity index (χ0n) is 9.91. The third-order valence-electron chi connectivity index (χ3n) is 1.59. The smallest absolute Gasteiger partial charge is 0.305 e. The number of aliphatic carboxylic acids is 1. The van der Waals surface area contributed by atoms with Gasteiger partial charge in [-0.3, -0.25) is 9.59 Å². The Morgan fingerprint density at radius 1 is 1.13 bits per heavy atom. The fraction of sp³-hybridized carbons (Fsp3) is 0.818. The second-order valence-electron chi connectivity index (χ2n) is 3.01. The van der Waals surface area contributed by atoms with E-state index < -0.39 is 5.97 Å². The number of hydrogen-bond acceptors (Lipinski definition) is 3. The van der Waals surface area contributed by atoms with Crippen molar-refractivity contribution in [1.29, 1.82) is 0 Å². The Labute approximate surface area is 91.6 Å². The summed E-state index contributed by atoms with van der Waals surface area (Å²) in [7, 11) is 0. The highest BCUT2D eigenvalue weighted by Crippen LogP contribution is 1.99. The van der Waals surface area contributed by atoms with Gasteiger partial charge in [-0.1, -0.05) is 26.7 Å². The van der Waals surface area contributed by atoms with Crippen molar-refractivity contribution in [3.8, 4) is 0 Å². The van der Waals surface area contributed by atoms with Crippen LogP contribution in [0.2, 0.25) is 0 Å². The van der Waals surface area contributed by atoms with Gasteiger partial charge in [-0.15, -0.1) is 0 Å². The standard InChI is InChI=1S/C8H16O2.C3H6O2/c1-3-5-6-7-8(9)10-4-2;1-2-3(4)5/h3-7H2,1-2H3;2H2,1H3,(H,4,5). The maximum atomic E-state index is 10.7. The molecule has 0 fully saturated rings. The molecule has 0 aliphatic rings. The molecular weight excluding hydrogens is 196 g/mol. The molecule has 0 aromatic rings. The first kappa shape index (κ1) is 16.4. The van der Waals surface area contributed by atoms with E-state index in [0.717, 1.165) is 19.3 Å². The van der Waals surface area contributed by atoms with Crippen molar-refractivity contribution in [3.63, 3.8) is 0 Å². The Hall–Kier alpha value is -1.06. The normalized spacial score (nSPS) is 8.73. The van der Waals surface area contributed by atoms with E-state index in [1.807, 2.05) is 6.92 Å². The van der Waals surface area contributed by atoms with E-state index in [1.165, 1.54) is 0 Å². The van der Waals surface area contributed by atoms with Crippen molar-refractivity contribution >= 4 is 11.9 Å². The van der Waals surface area contributed by atoms with Crippen LogP contribution in [0.3, 0.4) is 0 Å². The lowest BCUT2D eigenvalue weighted by Crippen LogP contribution is -2.02. The first-order valence-electron chi connectivity index (χ1n) is 5.45. The van der Waals surface area contributed by atoms with Gasteiger partial charge in [-0.25, -0.2) is 0 Å². The van der Waals surface area contributed by atoms with Gasteiger partial charge >= 0.3 is 11.9 Å². The molecule has 0 aromatic carbocycles. The van der Waals surface area contributed by atoms with Gasteiger partial charge < -0.3 is 9.84 Å². The molecule has 0 aliphatic heterocycles. The van der Waals surface area contributed by atoms with Gasteiger partial charge in [-0.05, 0) is 13.3 Å². The van der Waals surface area contributed by atoms with E-state index >= 15 is 0 Å². The number of ether oxygens (including phenoxy) is 1. The highest BCUT2D eigenvalue weighted by molar-refractivity contribution is 5.69. The molecule has 0 saturated heterocycles. The molecule has 0 heterocycles. The summed E-state index contributed by atoms with van der Waals surface area (Å²) in [6.07, 6.45) is 4.05. The summed E-state index contributed by atoms with van der Waals surface area (Å²) >= 11 is 0. The zero-order valence-corrected chi connectivity index (χ0v) is 9.91. The molecule has 15 heavy (non-hydrogen) atoms. The Morgan fingerprint density at radius 3 is 2.00 bits per heavy atom. The van der Waals surface area contributed by atoms with Crippen molar-refractivity contribution in [3.05, 3.63) is 0 Å². The van der Waals surface area contributed by atoms with Crippen LogP contribution in [-0.2, 0) is 14.3 Å². The maximum absolute atomic E-state index is 10.7. The Balaban J connectivity index is 0. The minimum Gasteiger partial charge on any atom is -0.481 e. The largest absolute Gasteiger partial charge is 0.481 e. The summed E-state index contributed by atoms with van der Waals surface area (Å²) in [5, 5.41) is 7.72. The minimum absolute atomic E-state index is 0.0593. The molecule has 1 N–H and O–H groups in total. The van der Waals surface area contributed by atoms with E-state index in [0.29, 0.717) is 13.0 Å². The highest BCUT2D eigenvalue weighted by atomic mass is 16.5. The first-order valence-corrected chi connectivity index (χ1v) is 5.45. The monoisotopic (exact) mass is 218 g/mol. The van der Waals surface area contributed by atoms with Gasteiger partial charge in [0.05, 0.1) is 6.61 Å². The van der Waals surface area contributed by atoms with Crippen molar-refractivity contribution in [2.45, 2.75) is 52.9 Å². The lowest BCUT2D eigenvalue weighted by Gasteiger charge is -1.99. The number of carboxylic acids is 1. The maximum Gasteiger partial charge on any atom is 0.305 e. The molecule has 4 heteroatoms. The van der Waals surface area contributed by atoms with Crippen molar-refractivity contribution < 1.29 is 19.4 Å². The molecule has 4 nitrogen and oxygen atoms in total. The number of rotatable bonds is 6. The lowest BCUT2D eigenvalue weighted by atomic mass is 10.2. The zero-order chi connectivity index (χ0) is 12.1. The van der Waals surface area contributed by atoms with Crippen LogP contribution >= 0.6 is 0 Å². The Bertz CT molecular complexity index is 166. The molecule has 0 unspecified atom stereocenters. The van der Waals surface area contributed by atoms with Crippen LogP contribution in [0.5, 0.6) is 0 Å². The number of carbonyl (C=O) groups excluding carboxylic acids is 1. The van der Waals surface area contributed by atoms with Crippen LogP contribution in [0.1, 0.15) is 52.9 Å². The van der Waals surface area contributed by atoms with E-state index in [9.17, 15) is 9.59 Å². The molecule has 0 radical (unpaired) electrons. The third-order valence-corrected chi connectivity index (χ3v) is 1.59. The Morgan fingerprint density at radius 2 is 1.67 bits per heavy atom. The second kappa shape index (κ2) is 12.9. The van der Waals surface area contributed by atoms with Gasteiger partial charge in [0.1, 0.15) is 0 Å². The Kier molecular flexibility index (Phi) is 14.1. The highest BCUT2D eigenvalue weighted by Gasteiger charge is 1.98. The SMILES string of the molecule is CCC(=O)O.CCCCCC(=O)OCC. The summed E-state index contributed by atoms with van der Waals surface area (Å²) in [4.78, 5) is 20.1. The predicted octanol–water partition coefficient (Wildman–Crippen LogP) is 2.61. The number of esters is 1. The summed E-state index contributed by atoms with van der Waals surface area (Å²) < 4.78 is 4.75. The minimum atomic E-state index is -0.745. The summed E-state index contributed by atoms with van der Waals surface area (Å²) in [6.45, 7) is 6.05. The molecule has 0 aliphatic carbocycles. The van der Waals surface area contributed by atoms with Crippen molar-refractivity contribution in [2.24, 2.45) is 0 Å². The van der Waals surface area contributed by atoms with Gasteiger partial charge in [-0.2, -0.15) is 0 Å². The topological polar surface area (TPSA) is 63.6 Å². The molecule has 0 saturated carbocycles. The summed E-state index contributed by atoms with van der Waals surface area (Å²) in [6, 6.07) is 0. The first-order chi connectivity index (χ1) is 7.08. The average Bonchev–Trinajstić information content (AvgIpc) is 2.19. The molecule has 0 atom stereocenters. The molecule has 0 rings (SSSR count). The fourth-order valence-electron chi connectivity index (χ4n) is 0.752. The number of carbonyl (C=O) groups is 2. The number of unbranched alkanes of at least 4 members (excludes halogenated alkanes) is 2. The van der Waals surface area contributed by atoms with E-state index in [-0.39, 0.29) is 12.4 Å². The van der Waals surface area contributed by atoms with Gasteiger partial charge in [0.2, 0.25) is 0 Å². The van der Waals surface area contributed by atoms with E-state index in [1.54, 1.807) is 6.92 Å². The van der Waals surface area contributed by atoms with E-state index in [4.69, 9.17) is 9.84 Å². The number of carboxylic acid groups (broad SMARTS) is 1. The number of hydrogen-bond donors (Lipinski definition) is 1. The van der Waals surface area contributed by atoms with Gasteiger partial charge in [0.15, 0.2) is 0 Å².